The Kier molecular flexibility index (Phi) is 3.34. The SMILES string of the molecule is Fc1cccc2ncc(-c3ccc(-c4cnn(C(F)F)c4)cc3)n12. The first-order valence-corrected chi connectivity index (χ1v) is 7.18. The molecule has 3 heterocycles. The summed E-state index contributed by atoms with van der Waals surface area (Å²) in [5, 5.41) is 3.62. The van der Waals surface area contributed by atoms with Crippen molar-refractivity contribution in [1.29, 1.82) is 0 Å². The number of fused-ring (bicyclic) bond motifs is 1. The molecule has 4 aromatic rings. The van der Waals surface area contributed by atoms with Gasteiger partial charge in [-0.1, -0.05) is 30.3 Å². The van der Waals surface area contributed by atoms with Gasteiger partial charge in [0.25, 0.3) is 0 Å². The van der Waals surface area contributed by atoms with Crippen LogP contribution in [0.2, 0.25) is 0 Å². The maximum absolute atomic E-state index is 14.0. The molecule has 0 radical (unpaired) electrons. The monoisotopic (exact) mass is 328 g/mol. The molecule has 0 aliphatic rings. The fourth-order valence-electron chi connectivity index (χ4n) is 2.63. The van der Waals surface area contributed by atoms with Gasteiger partial charge in [0.1, 0.15) is 5.65 Å². The third-order valence-corrected chi connectivity index (χ3v) is 3.80. The summed E-state index contributed by atoms with van der Waals surface area (Å²) < 4.78 is 41.2. The van der Waals surface area contributed by atoms with E-state index in [9.17, 15) is 13.2 Å². The van der Waals surface area contributed by atoms with Crippen LogP contribution in [0.5, 0.6) is 0 Å². The predicted molar refractivity (Wildman–Crippen MR) is 83.1 cm³/mol. The fourth-order valence-corrected chi connectivity index (χ4v) is 2.63. The average molecular weight is 328 g/mol. The molecule has 0 saturated carbocycles. The second-order valence-electron chi connectivity index (χ2n) is 5.25. The van der Waals surface area contributed by atoms with E-state index in [2.05, 4.69) is 10.1 Å². The van der Waals surface area contributed by atoms with Crippen molar-refractivity contribution in [2.75, 3.05) is 0 Å². The second kappa shape index (κ2) is 5.52. The van der Waals surface area contributed by atoms with E-state index < -0.39 is 12.5 Å². The zero-order chi connectivity index (χ0) is 16.7. The quantitative estimate of drug-likeness (QED) is 0.523. The zero-order valence-electron chi connectivity index (χ0n) is 12.3. The van der Waals surface area contributed by atoms with Gasteiger partial charge in [0.2, 0.25) is 0 Å². The van der Waals surface area contributed by atoms with Crippen LogP contribution >= 0.6 is 0 Å². The van der Waals surface area contributed by atoms with E-state index in [1.54, 1.807) is 42.6 Å². The number of imidazole rings is 1. The zero-order valence-corrected chi connectivity index (χ0v) is 12.3. The van der Waals surface area contributed by atoms with Crippen molar-refractivity contribution in [2.45, 2.75) is 6.55 Å². The van der Waals surface area contributed by atoms with Gasteiger partial charge in [0.15, 0.2) is 5.95 Å². The van der Waals surface area contributed by atoms with Crippen LogP contribution < -0.4 is 0 Å². The minimum absolute atomic E-state index is 0.401. The van der Waals surface area contributed by atoms with Gasteiger partial charge < -0.3 is 0 Å². The summed E-state index contributed by atoms with van der Waals surface area (Å²) in [6, 6.07) is 11.8. The molecule has 0 unspecified atom stereocenters. The van der Waals surface area contributed by atoms with Crippen molar-refractivity contribution in [2.24, 2.45) is 0 Å². The highest BCUT2D eigenvalue weighted by Gasteiger charge is 2.11. The van der Waals surface area contributed by atoms with Gasteiger partial charge >= 0.3 is 6.55 Å². The highest BCUT2D eigenvalue weighted by atomic mass is 19.3. The van der Waals surface area contributed by atoms with E-state index in [0.29, 0.717) is 21.6 Å². The lowest BCUT2D eigenvalue weighted by atomic mass is 10.1. The van der Waals surface area contributed by atoms with Gasteiger partial charge in [-0.05, 0) is 17.7 Å². The van der Waals surface area contributed by atoms with E-state index in [-0.39, 0.29) is 0 Å². The summed E-state index contributed by atoms with van der Waals surface area (Å²) in [6.45, 7) is -2.67. The predicted octanol–water partition coefficient (Wildman–Crippen LogP) is 4.40. The molecule has 4 rings (SSSR count). The molecule has 3 aromatic heterocycles. The number of rotatable bonds is 3. The van der Waals surface area contributed by atoms with Crippen molar-refractivity contribution >= 4 is 5.65 Å². The minimum Gasteiger partial charge on any atom is -0.269 e. The Hall–Kier alpha value is -3.09. The summed E-state index contributed by atoms with van der Waals surface area (Å²) in [5.74, 6) is -0.401. The number of aromatic nitrogens is 4. The summed E-state index contributed by atoms with van der Waals surface area (Å²) in [7, 11) is 0. The van der Waals surface area contributed by atoms with Crippen molar-refractivity contribution in [3.63, 3.8) is 0 Å². The van der Waals surface area contributed by atoms with E-state index in [0.717, 1.165) is 11.1 Å². The van der Waals surface area contributed by atoms with Gasteiger partial charge in [-0.3, -0.25) is 4.40 Å². The van der Waals surface area contributed by atoms with Crippen LogP contribution in [0.25, 0.3) is 28.0 Å². The van der Waals surface area contributed by atoms with Crippen LogP contribution in [-0.4, -0.2) is 19.2 Å². The van der Waals surface area contributed by atoms with Crippen LogP contribution in [0.1, 0.15) is 6.55 Å². The highest BCUT2D eigenvalue weighted by molar-refractivity contribution is 5.69. The normalized spacial score (nSPS) is 11.5. The molecule has 24 heavy (non-hydrogen) atoms. The van der Waals surface area contributed by atoms with E-state index >= 15 is 0 Å². The highest BCUT2D eigenvalue weighted by Crippen LogP contribution is 2.26. The Balaban J connectivity index is 1.73. The third-order valence-electron chi connectivity index (χ3n) is 3.80. The summed E-state index contributed by atoms with van der Waals surface area (Å²) in [6.07, 6.45) is 4.27. The number of benzene rings is 1. The topological polar surface area (TPSA) is 35.1 Å². The van der Waals surface area contributed by atoms with Gasteiger partial charge in [-0.15, -0.1) is 0 Å². The molecular weight excluding hydrogens is 317 g/mol. The first-order chi connectivity index (χ1) is 11.6. The molecule has 4 nitrogen and oxygen atoms in total. The number of nitrogens with zero attached hydrogens (tertiary/aromatic N) is 4. The van der Waals surface area contributed by atoms with Crippen LogP contribution in [0, 0.1) is 5.95 Å². The van der Waals surface area contributed by atoms with Gasteiger partial charge in [0.05, 0.1) is 18.1 Å². The Morgan fingerprint density at radius 3 is 2.33 bits per heavy atom. The molecule has 0 aliphatic heterocycles. The van der Waals surface area contributed by atoms with Gasteiger partial charge in [-0.25, -0.2) is 9.67 Å². The van der Waals surface area contributed by atoms with Crippen molar-refractivity contribution in [3.05, 3.63) is 67.0 Å². The molecule has 0 amide bonds. The van der Waals surface area contributed by atoms with E-state index in [1.807, 2.05) is 0 Å². The smallest absolute Gasteiger partial charge is 0.269 e. The van der Waals surface area contributed by atoms with E-state index in [1.165, 1.54) is 22.9 Å². The molecule has 0 fully saturated rings. The number of hydrogen-bond donors (Lipinski definition) is 0. The van der Waals surface area contributed by atoms with Crippen LogP contribution in [-0.2, 0) is 0 Å². The van der Waals surface area contributed by atoms with Crippen molar-refractivity contribution in [1.82, 2.24) is 19.2 Å². The first-order valence-electron chi connectivity index (χ1n) is 7.18. The lowest BCUT2D eigenvalue weighted by Crippen LogP contribution is -1.96. The maximum atomic E-state index is 14.0. The number of alkyl halides is 2. The molecule has 7 heteroatoms. The second-order valence-corrected chi connectivity index (χ2v) is 5.25. The lowest BCUT2D eigenvalue weighted by Gasteiger charge is -2.04. The molecule has 0 saturated heterocycles. The Labute approximate surface area is 134 Å². The molecule has 1 aromatic carbocycles. The molecule has 0 atom stereocenters. The van der Waals surface area contributed by atoms with Crippen molar-refractivity contribution in [3.8, 4) is 22.4 Å². The summed E-state index contributed by atoms with van der Waals surface area (Å²) >= 11 is 0. The molecule has 0 N–H and O–H groups in total. The Morgan fingerprint density at radius 2 is 1.62 bits per heavy atom. The molecule has 0 spiro atoms. The van der Waals surface area contributed by atoms with Crippen LogP contribution in [0.4, 0.5) is 13.2 Å². The molecule has 0 bridgehead atoms. The minimum atomic E-state index is -2.67. The largest absolute Gasteiger partial charge is 0.333 e. The number of pyridine rings is 1. The summed E-state index contributed by atoms with van der Waals surface area (Å²) in [4.78, 5) is 4.19. The lowest BCUT2D eigenvalue weighted by molar-refractivity contribution is 0.0566. The fraction of sp³-hybridized carbons (Fsp3) is 0.0588. The number of halogens is 3. The van der Waals surface area contributed by atoms with Crippen molar-refractivity contribution < 1.29 is 13.2 Å². The standard InChI is InChI=1S/C17H11F3N4/c18-15-2-1-3-16-21-9-14(24(15)16)12-6-4-11(5-7-12)13-8-22-23(10-13)17(19)20/h1-10,17H. The Morgan fingerprint density at radius 1 is 0.875 bits per heavy atom. The third kappa shape index (κ3) is 2.34. The van der Waals surface area contributed by atoms with Gasteiger partial charge in [0, 0.05) is 17.3 Å². The first kappa shape index (κ1) is 14.5. The number of hydrogen-bond acceptors (Lipinski definition) is 2. The van der Waals surface area contributed by atoms with Crippen LogP contribution in [0.15, 0.2) is 61.1 Å². The average Bonchev–Trinajstić information content (AvgIpc) is 3.23. The van der Waals surface area contributed by atoms with Crippen LogP contribution in [0.3, 0.4) is 0 Å². The summed E-state index contributed by atoms with van der Waals surface area (Å²) in [5.41, 5.74) is 3.26. The molecule has 0 aliphatic carbocycles. The van der Waals surface area contributed by atoms with Gasteiger partial charge in [-0.2, -0.15) is 18.3 Å². The maximum Gasteiger partial charge on any atom is 0.333 e. The molecule has 120 valence electrons. The Bertz CT molecular complexity index is 1000. The molecular formula is C17H11F3N4. The van der Waals surface area contributed by atoms with E-state index in [4.69, 9.17) is 0 Å².